The summed E-state index contributed by atoms with van der Waals surface area (Å²) < 4.78 is 10.5. The molecular weight excluding hydrogens is 112 g/mol. The van der Waals surface area contributed by atoms with E-state index in [2.05, 4.69) is 10.2 Å². The number of rotatable bonds is 0. The Bertz CT molecular complexity index is 202. The maximum Gasteiger partial charge on any atom is 0.149 e. The van der Waals surface area contributed by atoms with Crippen LogP contribution in [-0.2, 0) is 11.3 Å². The van der Waals surface area contributed by atoms with Crippen LogP contribution in [0.2, 0.25) is 0 Å². The second-order valence-electron chi connectivity index (χ2n) is 1.05. The van der Waals surface area contributed by atoms with E-state index in [0.717, 1.165) is 0 Å². The van der Waals surface area contributed by atoms with Gasteiger partial charge in [-0.05, 0) is 6.07 Å². The first-order valence-corrected chi connectivity index (χ1v) is 2.52. The molecule has 1 aromatic rings. The van der Waals surface area contributed by atoms with Crippen molar-refractivity contribution in [2.24, 2.45) is 0 Å². The van der Waals surface area contributed by atoms with Gasteiger partial charge in [-0.15, -0.1) is 0 Å². The summed E-state index contributed by atoms with van der Waals surface area (Å²) in [6, 6.07) is 1.68. The van der Waals surface area contributed by atoms with Crippen LogP contribution < -0.4 is 0 Å². The lowest BCUT2D eigenvalue weighted by Gasteiger charge is -1.58. The van der Waals surface area contributed by atoms with Crippen molar-refractivity contribution >= 4 is 11.3 Å². The summed E-state index contributed by atoms with van der Waals surface area (Å²) >= 11 is 0.439. The van der Waals surface area contributed by atoms with Crippen molar-refractivity contribution in [3.05, 3.63) is 16.9 Å². The van der Waals surface area contributed by atoms with Gasteiger partial charge in [-0.25, -0.2) is 4.21 Å². The monoisotopic (exact) mass is 116 g/mol. The molecule has 3 nitrogen and oxygen atoms in total. The van der Waals surface area contributed by atoms with Crippen LogP contribution in [0.3, 0.4) is 0 Å². The smallest absolute Gasteiger partial charge is 0.149 e. The van der Waals surface area contributed by atoms with Gasteiger partial charge >= 0.3 is 0 Å². The lowest BCUT2D eigenvalue weighted by atomic mass is 10.8. The second-order valence-corrected chi connectivity index (χ2v) is 1.66. The normalized spacial score (nSPS) is 8.57. The molecule has 0 aromatic carbocycles. The van der Waals surface area contributed by atoms with E-state index in [9.17, 15) is 4.21 Å². The molecule has 0 aliphatic heterocycles. The summed E-state index contributed by atoms with van der Waals surface area (Å²) in [5.41, 5.74) is 0. The largest absolute Gasteiger partial charge is 0.307 e. The van der Waals surface area contributed by atoms with E-state index in [1.165, 1.54) is 0 Å². The van der Waals surface area contributed by atoms with Crippen LogP contribution in [0.15, 0.2) is 12.3 Å². The summed E-state index contributed by atoms with van der Waals surface area (Å²) in [6.07, 6.45) is 1.67. The second kappa shape index (κ2) is 1.79. The third-order valence-electron chi connectivity index (χ3n) is 0.603. The average molecular weight is 116 g/mol. The number of aromatic nitrogens is 2. The van der Waals surface area contributed by atoms with E-state index in [-0.39, 0.29) is 0 Å². The standard InChI is InChI=1S/C3H4N2OS/c6-7-3-1-2-4-5-3/h1-2,4-5H. The molecule has 1 aromatic heterocycles. The van der Waals surface area contributed by atoms with Gasteiger partial charge < -0.3 is 5.10 Å². The number of hydrogen-bond donors (Lipinski definition) is 2. The Kier molecular flexibility index (Phi) is 1.12. The number of nitrogens with one attached hydrogen (secondary N) is 2. The fourth-order valence-electron chi connectivity index (χ4n) is 0.320. The number of H-pyrrole nitrogens is 2. The molecule has 7 heavy (non-hydrogen) atoms. The van der Waals surface area contributed by atoms with Gasteiger partial charge in [0.15, 0.2) is 0 Å². The summed E-state index contributed by atoms with van der Waals surface area (Å²) in [6.45, 7) is 0. The zero-order valence-electron chi connectivity index (χ0n) is 3.47. The maximum atomic E-state index is 9.86. The summed E-state index contributed by atoms with van der Waals surface area (Å²) in [5.74, 6) is 0. The lowest BCUT2D eigenvalue weighted by molar-refractivity contribution is 0.699. The Morgan fingerprint density at radius 1 is 1.71 bits per heavy atom. The predicted octanol–water partition coefficient (Wildman–Crippen LogP) is 0.0878. The Labute approximate surface area is 43.4 Å². The summed E-state index contributed by atoms with van der Waals surface area (Å²) in [5, 5.41) is 5.25. The van der Waals surface area contributed by atoms with Crippen LogP contribution in [0.1, 0.15) is 0 Å². The van der Waals surface area contributed by atoms with Gasteiger partial charge in [0.2, 0.25) is 0 Å². The van der Waals surface area contributed by atoms with E-state index in [1.54, 1.807) is 12.3 Å². The highest BCUT2D eigenvalue weighted by Gasteiger charge is 1.69. The Balaban J connectivity index is 3.50. The first-order valence-electron chi connectivity index (χ1n) is 1.78. The first-order chi connectivity index (χ1) is 3.43. The average Bonchev–Trinajstić information content (AvgIpc) is 2.14. The van der Waals surface area contributed by atoms with Gasteiger partial charge in [-0.3, -0.25) is 5.10 Å². The highest BCUT2D eigenvalue weighted by atomic mass is 32.1. The Morgan fingerprint density at radius 2 is 2.57 bits per heavy atom. The first kappa shape index (κ1) is 4.39. The van der Waals surface area contributed by atoms with E-state index < -0.39 is 0 Å². The van der Waals surface area contributed by atoms with Crippen molar-refractivity contribution in [1.29, 1.82) is 0 Å². The van der Waals surface area contributed by atoms with Gasteiger partial charge in [0, 0.05) is 6.20 Å². The molecule has 2 N–H and O–H groups in total. The predicted molar refractivity (Wildman–Crippen MR) is 26.5 cm³/mol. The fourth-order valence-corrected chi connectivity index (χ4v) is 0.545. The lowest BCUT2D eigenvalue weighted by Crippen LogP contribution is -1.61. The van der Waals surface area contributed by atoms with Crippen molar-refractivity contribution in [1.82, 2.24) is 10.2 Å². The minimum absolute atomic E-state index is 0.439. The Hall–Kier alpha value is -0.770. The van der Waals surface area contributed by atoms with E-state index >= 15 is 0 Å². The third-order valence-corrected chi connectivity index (χ3v) is 1.02. The van der Waals surface area contributed by atoms with Crippen molar-refractivity contribution in [3.63, 3.8) is 0 Å². The van der Waals surface area contributed by atoms with E-state index in [1.807, 2.05) is 0 Å². The topological polar surface area (TPSA) is 48.6 Å². The molecule has 0 saturated carbocycles. The van der Waals surface area contributed by atoms with Crippen molar-refractivity contribution < 1.29 is 4.21 Å². The molecule has 1 rings (SSSR count). The van der Waals surface area contributed by atoms with Crippen LogP contribution in [0.4, 0.5) is 0 Å². The molecule has 0 bridgehead atoms. The molecule has 0 aliphatic carbocycles. The fraction of sp³-hybridized carbons (Fsp3) is 0. The number of hydrogen-bond acceptors (Lipinski definition) is 1. The van der Waals surface area contributed by atoms with Crippen LogP contribution >= 0.6 is 0 Å². The van der Waals surface area contributed by atoms with Crippen LogP contribution in [0, 0.1) is 4.64 Å². The SMILES string of the molecule is O=S=c1cc[nH][nH]1. The molecule has 0 saturated heterocycles. The molecule has 4 heteroatoms. The van der Waals surface area contributed by atoms with Gasteiger partial charge in [0.05, 0.1) is 0 Å². The van der Waals surface area contributed by atoms with Crippen LogP contribution in [0.5, 0.6) is 0 Å². The van der Waals surface area contributed by atoms with Gasteiger partial charge in [-0.1, -0.05) is 0 Å². The number of aromatic amines is 2. The van der Waals surface area contributed by atoms with E-state index in [4.69, 9.17) is 0 Å². The van der Waals surface area contributed by atoms with Crippen LogP contribution in [0.25, 0.3) is 0 Å². The maximum absolute atomic E-state index is 9.86. The molecular formula is C3H4N2OS. The summed E-state index contributed by atoms with van der Waals surface area (Å²) in [4.78, 5) is 0. The molecule has 0 spiro atoms. The Morgan fingerprint density at radius 3 is 2.86 bits per heavy atom. The molecule has 0 amide bonds. The zero-order chi connectivity index (χ0) is 5.11. The van der Waals surface area contributed by atoms with Crippen molar-refractivity contribution in [2.45, 2.75) is 0 Å². The molecule has 0 unspecified atom stereocenters. The molecule has 0 radical (unpaired) electrons. The summed E-state index contributed by atoms with van der Waals surface area (Å²) in [7, 11) is 0. The van der Waals surface area contributed by atoms with Gasteiger partial charge in [-0.2, -0.15) is 0 Å². The minimum atomic E-state index is 0.439. The molecule has 0 atom stereocenters. The quantitative estimate of drug-likeness (QED) is 0.463. The van der Waals surface area contributed by atoms with Gasteiger partial charge in [0.1, 0.15) is 15.9 Å². The minimum Gasteiger partial charge on any atom is -0.307 e. The molecule has 38 valence electrons. The highest BCUT2D eigenvalue weighted by molar-refractivity contribution is 7.56. The van der Waals surface area contributed by atoms with Gasteiger partial charge in [0.25, 0.3) is 0 Å². The van der Waals surface area contributed by atoms with E-state index in [0.29, 0.717) is 15.9 Å². The highest BCUT2D eigenvalue weighted by Crippen LogP contribution is 1.71. The molecule has 0 aliphatic rings. The zero-order valence-corrected chi connectivity index (χ0v) is 4.29. The third kappa shape index (κ3) is 0.806. The van der Waals surface area contributed by atoms with Crippen molar-refractivity contribution in [2.75, 3.05) is 0 Å². The van der Waals surface area contributed by atoms with Crippen molar-refractivity contribution in [3.8, 4) is 0 Å². The van der Waals surface area contributed by atoms with Crippen LogP contribution in [-0.4, -0.2) is 14.4 Å². The molecule has 1 heterocycles. The molecule has 0 fully saturated rings.